The summed E-state index contributed by atoms with van der Waals surface area (Å²) in [6.07, 6.45) is 6.14. The zero-order valence-corrected chi connectivity index (χ0v) is 12.2. The van der Waals surface area contributed by atoms with Gasteiger partial charge in [0.25, 0.3) is 0 Å². The third-order valence-corrected chi connectivity index (χ3v) is 3.37. The first kappa shape index (κ1) is 15.2. The van der Waals surface area contributed by atoms with Crippen LogP contribution in [0.4, 0.5) is 4.39 Å². The molecule has 1 aliphatic rings. The molecule has 0 amide bonds. The highest BCUT2D eigenvalue weighted by atomic mass is 19.1. The lowest BCUT2D eigenvalue weighted by Gasteiger charge is -2.32. The Morgan fingerprint density at radius 3 is 2.33 bits per heavy atom. The Bertz CT molecular complexity index is 354. The van der Waals surface area contributed by atoms with E-state index in [0.29, 0.717) is 0 Å². The Kier molecular flexibility index (Phi) is 5.33. The van der Waals surface area contributed by atoms with Gasteiger partial charge in [-0.25, -0.2) is 4.39 Å². The highest BCUT2D eigenvalue weighted by Gasteiger charge is 2.25. The second kappa shape index (κ2) is 6.33. The normalized spacial score (nSPS) is 18.7. The number of hydrogen-bond donors (Lipinski definition) is 0. The fourth-order valence-corrected chi connectivity index (χ4v) is 2.21. The first-order chi connectivity index (χ1) is 8.34. The van der Waals surface area contributed by atoms with Crippen LogP contribution in [0, 0.1) is 0 Å². The molecule has 1 aliphatic heterocycles. The van der Waals surface area contributed by atoms with Crippen LogP contribution < -0.4 is 0 Å². The zero-order valence-electron chi connectivity index (χ0n) is 12.2. The SMILES string of the molecule is C=C(C)/C=C(\C(=C/C)CCN1CCC1)C(C)(C)F. The first-order valence-corrected chi connectivity index (χ1v) is 6.79. The lowest BCUT2D eigenvalue weighted by atomic mass is 9.88. The quantitative estimate of drug-likeness (QED) is 0.637. The maximum absolute atomic E-state index is 14.3. The van der Waals surface area contributed by atoms with Crippen LogP contribution in [0.25, 0.3) is 0 Å². The number of nitrogens with zero attached hydrogens (tertiary/aromatic N) is 1. The number of hydrogen-bond acceptors (Lipinski definition) is 1. The average molecular weight is 251 g/mol. The van der Waals surface area contributed by atoms with E-state index in [1.54, 1.807) is 13.8 Å². The molecule has 1 nitrogen and oxygen atoms in total. The van der Waals surface area contributed by atoms with Gasteiger partial charge >= 0.3 is 0 Å². The van der Waals surface area contributed by atoms with Crippen molar-refractivity contribution in [2.24, 2.45) is 0 Å². The third-order valence-electron chi connectivity index (χ3n) is 3.37. The molecule has 2 heteroatoms. The van der Waals surface area contributed by atoms with Crippen LogP contribution in [0.15, 0.2) is 35.5 Å². The van der Waals surface area contributed by atoms with Crippen molar-refractivity contribution in [3.05, 3.63) is 35.5 Å². The van der Waals surface area contributed by atoms with Crippen molar-refractivity contribution in [2.45, 2.75) is 46.2 Å². The second-order valence-electron chi connectivity index (χ2n) is 5.64. The number of allylic oxidation sites excluding steroid dienone is 4. The molecule has 102 valence electrons. The summed E-state index contributed by atoms with van der Waals surface area (Å²) >= 11 is 0. The minimum atomic E-state index is -1.31. The van der Waals surface area contributed by atoms with Gasteiger partial charge in [0.2, 0.25) is 0 Å². The minimum absolute atomic E-state index is 0.776. The molecule has 0 radical (unpaired) electrons. The molecule has 1 fully saturated rings. The van der Waals surface area contributed by atoms with Crippen LogP contribution in [0.2, 0.25) is 0 Å². The summed E-state index contributed by atoms with van der Waals surface area (Å²) in [5.74, 6) is 0. The van der Waals surface area contributed by atoms with Crippen LogP contribution in [-0.4, -0.2) is 30.2 Å². The summed E-state index contributed by atoms with van der Waals surface area (Å²) in [6.45, 7) is 14.4. The van der Waals surface area contributed by atoms with E-state index < -0.39 is 5.67 Å². The number of likely N-dealkylation sites (tertiary alicyclic amines) is 1. The maximum atomic E-state index is 14.3. The summed E-state index contributed by atoms with van der Waals surface area (Å²) in [5, 5.41) is 0. The Labute approximate surface area is 111 Å². The molecular formula is C16H26FN. The van der Waals surface area contributed by atoms with E-state index in [4.69, 9.17) is 0 Å². The van der Waals surface area contributed by atoms with E-state index in [1.807, 2.05) is 26.0 Å². The van der Waals surface area contributed by atoms with Gasteiger partial charge in [0.15, 0.2) is 0 Å². The fraction of sp³-hybridized carbons (Fsp3) is 0.625. The first-order valence-electron chi connectivity index (χ1n) is 6.79. The van der Waals surface area contributed by atoms with Gasteiger partial charge in [-0.05, 0) is 64.8 Å². The van der Waals surface area contributed by atoms with E-state index in [2.05, 4.69) is 11.5 Å². The largest absolute Gasteiger partial charge is 0.303 e. The van der Waals surface area contributed by atoms with Crippen molar-refractivity contribution in [3.63, 3.8) is 0 Å². The van der Waals surface area contributed by atoms with Crippen molar-refractivity contribution in [1.82, 2.24) is 4.90 Å². The van der Waals surface area contributed by atoms with Crippen molar-refractivity contribution < 1.29 is 4.39 Å². The highest BCUT2D eigenvalue weighted by Crippen LogP contribution is 2.30. The van der Waals surface area contributed by atoms with E-state index in [0.717, 1.165) is 29.7 Å². The van der Waals surface area contributed by atoms with Gasteiger partial charge in [0, 0.05) is 6.54 Å². The van der Waals surface area contributed by atoms with Gasteiger partial charge in [-0.3, -0.25) is 0 Å². The molecular weight excluding hydrogens is 225 g/mol. The summed E-state index contributed by atoms with van der Waals surface area (Å²) in [7, 11) is 0. The lowest BCUT2D eigenvalue weighted by molar-refractivity contribution is 0.183. The molecule has 0 bridgehead atoms. The van der Waals surface area contributed by atoms with Gasteiger partial charge < -0.3 is 4.90 Å². The Balaban J connectivity index is 2.77. The summed E-state index contributed by atoms with van der Waals surface area (Å²) in [4.78, 5) is 2.41. The number of alkyl halides is 1. The standard InChI is InChI=1S/C16H26FN/c1-6-14(8-11-18-9-7-10-18)15(12-13(2)3)16(4,5)17/h6,12H,2,7-11H2,1,3-5H3/b14-6-,15-12+. The lowest BCUT2D eigenvalue weighted by Crippen LogP contribution is -2.38. The van der Waals surface area contributed by atoms with Gasteiger partial charge in [-0.15, -0.1) is 0 Å². The molecule has 0 atom stereocenters. The predicted molar refractivity (Wildman–Crippen MR) is 77.5 cm³/mol. The molecule has 0 spiro atoms. The molecule has 1 heterocycles. The molecule has 18 heavy (non-hydrogen) atoms. The van der Waals surface area contributed by atoms with Crippen LogP contribution in [0.1, 0.15) is 40.5 Å². The summed E-state index contributed by atoms with van der Waals surface area (Å²) in [6, 6.07) is 0. The zero-order chi connectivity index (χ0) is 13.8. The van der Waals surface area contributed by atoms with Crippen molar-refractivity contribution >= 4 is 0 Å². The van der Waals surface area contributed by atoms with Crippen molar-refractivity contribution in [1.29, 1.82) is 0 Å². The Morgan fingerprint density at radius 2 is 2.00 bits per heavy atom. The molecule has 1 saturated heterocycles. The second-order valence-corrected chi connectivity index (χ2v) is 5.64. The van der Waals surface area contributed by atoms with E-state index in [9.17, 15) is 4.39 Å². The summed E-state index contributed by atoms with van der Waals surface area (Å²) in [5.41, 5.74) is 1.48. The van der Waals surface area contributed by atoms with E-state index in [1.165, 1.54) is 19.5 Å². The Morgan fingerprint density at radius 1 is 1.39 bits per heavy atom. The van der Waals surface area contributed by atoms with Crippen LogP contribution in [-0.2, 0) is 0 Å². The fourth-order valence-electron chi connectivity index (χ4n) is 2.21. The highest BCUT2D eigenvalue weighted by molar-refractivity contribution is 5.41. The molecule has 0 aromatic rings. The van der Waals surface area contributed by atoms with Gasteiger partial charge in [0.05, 0.1) is 0 Å². The number of rotatable bonds is 6. The van der Waals surface area contributed by atoms with Crippen molar-refractivity contribution in [3.8, 4) is 0 Å². The monoisotopic (exact) mass is 251 g/mol. The molecule has 0 aromatic heterocycles. The summed E-state index contributed by atoms with van der Waals surface area (Å²) < 4.78 is 14.3. The van der Waals surface area contributed by atoms with E-state index in [-0.39, 0.29) is 0 Å². The molecule has 0 unspecified atom stereocenters. The van der Waals surface area contributed by atoms with Crippen LogP contribution in [0.5, 0.6) is 0 Å². The third kappa shape index (κ3) is 4.41. The van der Waals surface area contributed by atoms with Crippen LogP contribution in [0.3, 0.4) is 0 Å². The number of halogens is 1. The van der Waals surface area contributed by atoms with E-state index >= 15 is 0 Å². The minimum Gasteiger partial charge on any atom is -0.303 e. The molecule has 0 saturated carbocycles. The average Bonchev–Trinajstić information content (AvgIpc) is 2.17. The predicted octanol–water partition coefficient (Wildman–Crippen LogP) is 4.28. The molecule has 1 rings (SSSR count). The van der Waals surface area contributed by atoms with Gasteiger partial charge in [-0.2, -0.15) is 0 Å². The topological polar surface area (TPSA) is 3.24 Å². The molecule has 0 aliphatic carbocycles. The van der Waals surface area contributed by atoms with Crippen LogP contribution >= 0.6 is 0 Å². The smallest absolute Gasteiger partial charge is 0.130 e. The molecule has 0 aromatic carbocycles. The molecule has 0 N–H and O–H groups in total. The Hall–Kier alpha value is -0.890. The van der Waals surface area contributed by atoms with Gasteiger partial charge in [-0.1, -0.05) is 24.3 Å². The van der Waals surface area contributed by atoms with Crippen molar-refractivity contribution in [2.75, 3.05) is 19.6 Å². The van der Waals surface area contributed by atoms with Gasteiger partial charge in [0.1, 0.15) is 5.67 Å². The maximum Gasteiger partial charge on any atom is 0.130 e.